The Kier molecular flexibility index (Phi) is 8.20. The van der Waals surface area contributed by atoms with Crippen molar-refractivity contribution in [3.63, 3.8) is 0 Å². The van der Waals surface area contributed by atoms with E-state index in [1.807, 2.05) is 78.9 Å². The molecule has 6 N–H and O–H groups in total. The minimum atomic E-state index is -0.826. The van der Waals surface area contributed by atoms with Crippen LogP contribution >= 0.6 is 0 Å². The zero-order valence-corrected chi connectivity index (χ0v) is 21.7. The molecule has 8 nitrogen and oxygen atoms in total. The number of rotatable bonds is 9. The third-order valence-electron chi connectivity index (χ3n) is 6.63. The molecule has 0 aliphatic rings. The standard InChI is InChI=1S/C32H30N4O4/c37-28-15-13-26(27-14-16-30(39)36-31(27)28)29(38)20-33-18-17-21-5-4-8-25(19-21)35-32(40)34-24-11-9-23(10-12-24)22-6-2-1-3-7-22/h1-16,19,29,33,37-38H,17-18,20H2,(H,36,39)(H2,34,35,40). The fraction of sp³-hybridized carbons (Fsp3) is 0.125. The van der Waals surface area contributed by atoms with Crippen molar-refractivity contribution >= 4 is 28.3 Å². The number of aromatic hydroxyl groups is 1. The molecule has 5 rings (SSSR count). The number of phenolic OH excluding ortho intramolecular Hbond substituents is 1. The van der Waals surface area contributed by atoms with Gasteiger partial charge >= 0.3 is 6.03 Å². The van der Waals surface area contributed by atoms with E-state index in [1.165, 1.54) is 12.1 Å². The SMILES string of the molecule is O=C(Nc1ccc(-c2ccccc2)cc1)Nc1cccc(CCNCC(O)c2ccc(O)c3[nH]c(=O)ccc23)c1. The second kappa shape index (κ2) is 12.3. The van der Waals surface area contributed by atoms with Crippen molar-refractivity contribution in [3.05, 3.63) is 125 Å². The molecule has 1 atom stereocenters. The summed E-state index contributed by atoms with van der Waals surface area (Å²) in [6.45, 7) is 0.899. The number of aliphatic hydroxyl groups excluding tert-OH is 1. The summed E-state index contributed by atoms with van der Waals surface area (Å²) in [5.41, 5.74) is 5.20. The van der Waals surface area contributed by atoms with Gasteiger partial charge in [-0.25, -0.2) is 4.79 Å². The highest BCUT2D eigenvalue weighted by Gasteiger charge is 2.14. The number of hydrogen-bond acceptors (Lipinski definition) is 5. The lowest BCUT2D eigenvalue weighted by Gasteiger charge is -2.15. The zero-order chi connectivity index (χ0) is 27.9. The van der Waals surface area contributed by atoms with E-state index >= 15 is 0 Å². The zero-order valence-electron chi connectivity index (χ0n) is 21.7. The predicted octanol–water partition coefficient (Wildman–Crippen LogP) is 5.41. The average Bonchev–Trinajstić information content (AvgIpc) is 2.97. The summed E-state index contributed by atoms with van der Waals surface area (Å²) >= 11 is 0. The van der Waals surface area contributed by atoms with E-state index in [0.717, 1.165) is 16.7 Å². The topological polar surface area (TPSA) is 126 Å². The first kappa shape index (κ1) is 26.7. The molecule has 0 saturated carbocycles. The van der Waals surface area contributed by atoms with E-state index in [9.17, 15) is 19.8 Å². The lowest BCUT2D eigenvalue weighted by atomic mass is 10.0. The number of pyridine rings is 1. The first-order valence-corrected chi connectivity index (χ1v) is 13.0. The fourth-order valence-electron chi connectivity index (χ4n) is 4.61. The first-order valence-electron chi connectivity index (χ1n) is 13.0. The molecule has 2 amide bonds. The van der Waals surface area contributed by atoms with Crippen molar-refractivity contribution in [2.24, 2.45) is 0 Å². The third-order valence-corrected chi connectivity index (χ3v) is 6.63. The molecule has 40 heavy (non-hydrogen) atoms. The van der Waals surface area contributed by atoms with Gasteiger partial charge in [0.25, 0.3) is 0 Å². The van der Waals surface area contributed by atoms with E-state index in [0.29, 0.717) is 47.4 Å². The molecule has 0 fully saturated rings. The van der Waals surface area contributed by atoms with Crippen LogP contribution in [0.5, 0.6) is 5.75 Å². The molecule has 0 aliphatic carbocycles. The molecule has 0 aliphatic heterocycles. The number of hydrogen-bond donors (Lipinski definition) is 6. The smallest absolute Gasteiger partial charge is 0.323 e. The Hall–Kier alpha value is -4.92. The highest BCUT2D eigenvalue weighted by atomic mass is 16.3. The number of aromatic nitrogens is 1. The summed E-state index contributed by atoms with van der Waals surface area (Å²) in [4.78, 5) is 26.8. The van der Waals surface area contributed by atoms with Gasteiger partial charge in [0, 0.05) is 29.4 Å². The van der Waals surface area contributed by atoms with Gasteiger partial charge in [0.2, 0.25) is 5.56 Å². The summed E-state index contributed by atoms with van der Waals surface area (Å²) in [5.74, 6) is -0.0419. The Morgan fingerprint density at radius 3 is 2.35 bits per heavy atom. The maximum Gasteiger partial charge on any atom is 0.323 e. The van der Waals surface area contributed by atoms with E-state index in [1.54, 1.807) is 12.1 Å². The Morgan fingerprint density at radius 2 is 1.55 bits per heavy atom. The second-order valence-electron chi connectivity index (χ2n) is 9.48. The van der Waals surface area contributed by atoms with Crippen molar-refractivity contribution in [2.75, 3.05) is 23.7 Å². The molecule has 1 heterocycles. The number of aliphatic hydroxyl groups is 1. The van der Waals surface area contributed by atoms with Gasteiger partial charge in [0.1, 0.15) is 5.75 Å². The van der Waals surface area contributed by atoms with Crippen molar-refractivity contribution in [1.82, 2.24) is 10.3 Å². The van der Waals surface area contributed by atoms with Crippen LogP contribution in [0.4, 0.5) is 16.2 Å². The normalized spacial score (nSPS) is 11.7. The van der Waals surface area contributed by atoms with Crippen LogP contribution in [0.15, 0.2) is 108 Å². The average molecular weight is 535 g/mol. The Bertz CT molecular complexity index is 1670. The summed E-state index contributed by atoms with van der Waals surface area (Å²) in [7, 11) is 0. The van der Waals surface area contributed by atoms with E-state index < -0.39 is 6.10 Å². The minimum absolute atomic E-state index is 0.0419. The van der Waals surface area contributed by atoms with Gasteiger partial charge in [-0.1, -0.05) is 60.7 Å². The second-order valence-corrected chi connectivity index (χ2v) is 9.48. The number of urea groups is 1. The maximum absolute atomic E-state index is 12.6. The monoisotopic (exact) mass is 534 g/mol. The number of amides is 2. The number of carbonyl (C=O) groups is 1. The van der Waals surface area contributed by atoms with Crippen LogP contribution in [0.2, 0.25) is 0 Å². The summed E-state index contributed by atoms with van der Waals surface area (Å²) < 4.78 is 0. The molecule has 0 saturated heterocycles. The summed E-state index contributed by atoms with van der Waals surface area (Å²) in [6.07, 6.45) is -0.137. The van der Waals surface area contributed by atoms with Crippen LogP contribution in [-0.2, 0) is 6.42 Å². The van der Waals surface area contributed by atoms with Gasteiger partial charge in [-0.3, -0.25) is 4.79 Å². The molecule has 202 valence electrons. The summed E-state index contributed by atoms with van der Waals surface area (Å²) in [6, 6.07) is 31.1. The Morgan fingerprint density at radius 1 is 0.800 bits per heavy atom. The van der Waals surface area contributed by atoms with E-state index in [4.69, 9.17) is 0 Å². The Balaban J connectivity index is 1.11. The lowest BCUT2D eigenvalue weighted by Crippen LogP contribution is -2.24. The molecule has 8 heteroatoms. The van der Waals surface area contributed by atoms with Crippen molar-refractivity contribution in [2.45, 2.75) is 12.5 Å². The molecule has 4 aromatic carbocycles. The number of carbonyl (C=O) groups excluding carboxylic acids is 1. The van der Waals surface area contributed by atoms with Crippen molar-refractivity contribution in [1.29, 1.82) is 0 Å². The quantitative estimate of drug-likeness (QED) is 0.141. The van der Waals surface area contributed by atoms with Gasteiger partial charge in [-0.05, 0) is 71.6 Å². The first-order chi connectivity index (χ1) is 19.5. The van der Waals surface area contributed by atoms with Crippen LogP contribution in [0.25, 0.3) is 22.0 Å². The molecule has 1 aromatic heterocycles. The molecular formula is C32H30N4O4. The molecule has 0 spiro atoms. The maximum atomic E-state index is 12.6. The number of phenols is 1. The van der Waals surface area contributed by atoms with Crippen LogP contribution in [0.3, 0.4) is 0 Å². The lowest BCUT2D eigenvalue weighted by molar-refractivity contribution is 0.176. The number of nitrogens with one attached hydrogen (secondary N) is 4. The minimum Gasteiger partial charge on any atom is -0.506 e. The number of fused-ring (bicyclic) bond motifs is 1. The number of anilines is 2. The predicted molar refractivity (Wildman–Crippen MR) is 159 cm³/mol. The van der Waals surface area contributed by atoms with Gasteiger partial charge in [-0.15, -0.1) is 0 Å². The molecule has 0 radical (unpaired) electrons. The fourth-order valence-corrected chi connectivity index (χ4v) is 4.61. The van der Waals surface area contributed by atoms with E-state index in [-0.39, 0.29) is 17.3 Å². The van der Waals surface area contributed by atoms with Crippen LogP contribution in [-0.4, -0.2) is 34.3 Å². The van der Waals surface area contributed by atoms with Gasteiger partial charge < -0.3 is 31.1 Å². The number of benzene rings is 4. The van der Waals surface area contributed by atoms with E-state index in [2.05, 4.69) is 20.9 Å². The van der Waals surface area contributed by atoms with Gasteiger partial charge in [0.15, 0.2) is 0 Å². The van der Waals surface area contributed by atoms with Crippen molar-refractivity contribution < 1.29 is 15.0 Å². The van der Waals surface area contributed by atoms with Crippen LogP contribution < -0.4 is 21.5 Å². The van der Waals surface area contributed by atoms with Crippen LogP contribution in [0, 0.1) is 0 Å². The summed E-state index contributed by atoms with van der Waals surface area (Å²) in [5, 5.41) is 30.4. The molecule has 1 unspecified atom stereocenters. The van der Waals surface area contributed by atoms with Crippen molar-refractivity contribution in [3.8, 4) is 16.9 Å². The Labute approximate surface area is 231 Å². The number of H-pyrrole nitrogens is 1. The molecule has 0 bridgehead atoms. The van der Waals surface area contributed by atoms with Crippen LogP contribution in [0.1, 0.15) is 17.2 Å². The largest absolute Gasteiger partial charge is 0.506 e. The van der Waals surface area contributed by atoms with Gasteiger partial charge in [0.05, 0.1) is 11.6 Å². The molecule has 5 aromatic rings. The number of aromatic amines is 1. The van der Waals surface area contributed by atoms with Gasteiger partial charge in [-0.2, -0.15) is 0 Å². The highest BCUT2D eigenvalue weighted by molar-refractivity contribution is 5.99. The molecular weight excluding hydrogens is 504 g/mol. The third kappa shape index (κ3) is 6.55. The highest BCUT2D eigenvalue weighted by Crippen LogP contribution is 2.28.